The van der Waals surface area contributed by atoms with Gasteiger partial charge in [0.25, 0.3) is 0 Å². The molecule has 10 aromatic carbocycles. The summed E-state index contributed by atoms with van der Waals surface area (Å²) in [5.41, 5.74) is 20.8. The number of rotatable bonds is 7. The van der Waals surface area contributed by atoms with Gasteiger partial charge in [0.1, 0.15) is 0 Å². The average Bonchev–Trinajstić information content (AvgIpc) is 3.77. The topological polar surface area (TPSA) is 3.24 Å². The van der Waals surface area contributed by atoms with Gasteiger partial charge in [-0.15, -0.1) is 0 Å². The Morgan fingerprint density at radius 2 is 0.810 bits per heavy atom. The van der Waals surface area contributed by atoms with Crippen molar-refractivity contribution in [2.45, 2.75) is 24.7 Å². The van der Waals surface area contributed by atoms with Gasteiger partial charge in [0, 0.05) is 22.5 Å². The minimum atomic E-state index is -0.504. The average molecular weight is 804 g/mol. The first kappa shape index (κ1) is 37.1. The minimum Gasteiger partial charge on any atom is -0.310 e. The lowest BCUT2D eigenvalue weighted by atomic mass is 9.67. The van der Waals surface area contributed by atoms with Crippen molar-refractivity contribution in [1.29, 1.82) is 0 Å². The number of nitrogens with zero attached hydrogens (tertiary/aromatic N) is 1. The van der Waals surface area contributed by atoms with E-state index in [4.69, 9.17) is 0 Å². The second kappa shape index (κ2) is 14.4. The Kier molecular flexibility index (Phi) is 8.49. The molecule has 0 heterocycles. The molecule has 0 aromatic heterocycles. The van der Waals surface area contributed by atoms with E-state index in [2.05, 4.69) is 255 Å². The first-order chi connectivity index (χ1) is 31.0. The van der Waals surface area contributed by atoms with Gasteiger partial charge in [0.05, 0.1) is 5.41 Å². The molecular formula is C62H45N. The molecule has 12 rings (SSSR count). The lowest BCUT2D eigenvalue weighted by Crippen LogP contribution is -2.28. The van der Waals surface area contributed by atoms with Gasteiger partial charge in [-0.05, 0) is 131 Å². The van der Waals surface area contributed by atoms with Crippen LogP contribution in [0.1, 0.15) is 47.2 Å². The molecule has 0 fully saturated rings. The van der Waals surface area contributed by atoms with Crippen LogP contribution in [0.4, 0.5) is 17.1 Å². The zero-order valence-electron chi connectivity index (χ0n) is 35.5. The van der Waals surface area contributed by atoms with E-state index in [-0.39, 0.29) is 5.41 Å². The minimum absolute atomic E-state index is 0.102. The number of hydrogen-bond donors (Lipinski definition) is 0. The second-order valence-electron chi connectivity index (χ2n) is 17.6. The van der Waals surface area contributed by atoms with Gasteiger partial charge >= 0.3 is 0 Å². The highest BCUT2D eigenvalue weighted by atomic mass is 15.1. The van der Waals surface area contributed by atoms with Gasteiger partial charge in [-0.1, -0.05) is 208 Å². The van der Waals surface area contributed by atoms with E-state index in [1.54, 1.807) is 0 Å². The SMILES string of the molecule is CC1(C)c2ccccc2-c2c1cc1ccccc1c2-c1ccc(N(c2ccc(-c3ccccc3)cc2)c2ccc3c(c2)C(c2ccccc2)(c2ccccc2)c2ccccc2-3)cc1. The lowest BCUT2D eigenvalue weighted by molar-refractivity contribution is 0.661. The molecule has 63 heavy (non-hydrogen) atoms. The Balaban J connectivity index is 1.07. The smallest absolute Gasteiger partial charge is 0.0714 e. The van der Waals surface area contributed by atoms with Crippen molar-refractivity contribution in [2.24, 2.45) is 0 Å². The number of benzene rings is 10. The van der Waals surface area contributed by atoms with Gasteiger partial charge < -0.3 is 4.90 Å². The molecule has 10 aromatic rings. The zero-order chi connectivity index (χ0) is 42.1. The summed E-state index contributed by atoms with van der Waals surface area (Å²) in [5.74, 6) is 0. The maximum absolute atomic E-state index is 2.46. The Bertz CT molecular complexity index is 3290. The van der Waals surface area contributed by atoms with Crippen LogP contribution < -0.4 is 4.90 Å². The summed E-state index contributed by atoms with van der Waals surface area (Å²) < 4.78 is 0. The van der Waals surface area contributed by atoms with E-state index in [0.29, 0.717) is 0 Å². The molecule has 0 spiro atoms. The summed E-state index contributed by atoms with van der Waals surface area (Å²) in [6.45, 7) is 4.75. The molecule has 2 aliphatic rings. The Morgan fingerprint density at radius 3 is 1.48 bits per heavy atom. The first-order valence-electron chi connectivity index (χ1n) is 22.1. The van der Waals surface area contributed by atoms with Crippen LogP contribution in [-0.2, 0) is 10.8 Å². The molecular weight excluding hydrogens is 759 g/mol. The molecule has 1 nitrogen and oxygen atoms in total. The van der Waals surface area contributed by atoms with Crippen molar-refractivity contribution < 1.29 is 0 Å². The third-order valence-electron chi connectivity index (χ3n) is 13.9. The number of anilines is 3. The van der Waals surface area contributed by atoms with Crippen LogP contribution in [-0.4, -0.2) is 0 Å². The summed E-state index contributed by atoms with van der Waals surface area (Å²) >= 11 is 0. The molecule has 0 unspecified atom stereocenters. The van der Waals surface area contributed by atoms with Crippen molar-refractivity contribution in [3.8, 4) is 44.5 Å². The quantitative estimate of drug-likeness (QED) is 0.155. The van der Waals surface area contributed by atoms with Crippen LogP contribution in [0, 0.1) is 0 Å². The maximum atomic E-state index is 2.46. The Labute approximate surface area is 370 Å². The fraction of sp³-hybridized carbons (Fsp3) is 0.0645. The van der Waals surface area contributed by atoms with Crippen LogP contribution >= 0.6 is 0 Å². The molecule has 0 aliphatic heterocycles. The van der Waals surface area contributed by atoms with Crippen molar-refractivity contribution in [2.75, 3.05) is 4.90 Å². The largest absolute Gasteiger partial charge is 0.310 e. The van der Waals surface area contributed by atoms with Gasteiger partial charge in [-0.25, -0.2) is 0 Å². The van der Waals surface area contributed by atoms with E-state index < -0.39 is 5.41 Å². The molecule has 0 radical (unpaired) electrons. The van der Waals surface area contributed by atoms with E-state index in [1.165, 1.54) is 88.7 Å². The van der Waals surface area contributed by atoms with Gasteiger partial charge in [-0.2, -0.15) is 0 Å². The molecule has 0 saturated carbocycles. The van der Waals surface area contributed by atoms with E-state index in [9.17, 15) is 0 Å². The van der Waals surface area contributed by atoms with E-state index in [0.717, 1.165) is 17.1 Å². The highest BCUT2D eigenvalue weighted by Crippen LogP contribution is 2.58. The normalized spacial score (nSPS) is 13.8. The van der Waals surface area contributed by atoms with Crippen molar-refractivity contribution in [1.82, 2.24) is 0 Å². The summed E-state index contributed by atoms with van der Waals surface area (Å²) in [6, 6.07) is 87.7. The fourth-order valence-electron chi connectivity index (χ4n) is 11.0. The standard InChI is InChI=1S/C62H45N/c1-61(2)55-28-16-15-27-54(55)60-58(61)40-45-20-12-13-25-51(45)59(60)44-32-36-49(37-33-44)63(48-34-30-43(31-35-48)42-18-6-3-7-19-42)50-38-39-53-52-26-14-17-29-56(52)62(57(53)41-50,46-21-8-4-9-22-46)47-23-10-5-11-24-47/h3-41H,1-2H3. The fourth-order valence-corrected chi connectivity index (χ4v) is 11.0. The monoisotopic (exact) mass is 803 g/mol. The van der Waals surface area contributed by atoms with E-state index in [1.807, 2.05) is 0 Å². The predicted octanol–water partition coefficient (Wildman–Crippen LogP) is 16.3. The third-order valence-corrected chi connectivity index (χ3v) is 13.9. The first-order valence-corrected chi connectivity index (χ1v) is 22.1. The van der Waals surface area contributed by atoms with E-state index >= 15 is 0 Å². The third kappa shape index (κ3) is 5.63. The van der Waals surface area contributed by atoms with Crippen LogP contribution in [0.15, 0.2) is 237 Å². The van der Waals surface area contributed by atoms with Crippen LogP contribution in [0.2, 0.25) is 0 Å². The Morgan fingerprint density at radius 1 is 0.317 bits per heavy atom. The van der Waals surface area contributed by atoms with Gasteiger partial charge in [-0.3, -0.25) is 0 Å². The van der Waals surface area contributed by atoms with Crippen LogP contribution in [0.5, 0.6) is 0 Å². The predicted molar refractivity (Wildman–Crippen MR) is 264 cm³/mol. The molecule has 0 bridgehead atoms. The van der Waals surface area contributed by atoms with Gasteiger partial charge in [0.15, 0.2) is 0 Å². The van der Waals surface area contributed by atoms with Crippen molar-refractivity contribution in [3.05, 3.63) is 270 Å². The molecule has 0 amide bonds. The summed E-state index contributed by atoms with van der Waals surface area (Å²) in [7, 11) is 0. The summed E-state index contributed by atoms with van der Waals surface area (Å²) in [6.07, 6.45) is 0. The maximum Gasteiger partial charge on any atom is 0.0714 e. The molecule has 0 atom stereocenters. The molecule has 0 saturated heterocycles. The highest BCUT2D eigenvalue weighted by Gasteiger charge is 2.46. The number of hydrogen-bond acceptors (Lipinski definition) is 1. The van der Waals surface area contributed by atoms with Gasteiger partial charge in [0.2, 0.25) is 0 Å². The zero-order valence-corrected chi connectivity index (χ0v) is 35.5. The number of fused-ring (bicyclic) bond motifs is 7. The van der Waals surface area contributed by atoms with Crippen LogP contribution in [0.3, 0.4) is 0 Å². The summed E-state index contributed by atoms with van der Waals surface area (Å²) in [4.78, 5) is 2.44. The van der Waals surface area contributed by atoms with Crippen LogP contribution in [0.25, 0.3) is 55.3 Å². The molecule has 298 valence electrons. The van der Waals surface area contributed by atoms with Crippen molar-refractivity contribution in [3.63, 3.8) is 0 Å². The molecule has 1 heteroatoms. The lowest BCUT2D eigenvalue weighted by Gasteiger charge is -2.35. The highest BCUT2D eigenvalue weighted by molar-refractivity contribution is 6.08. The molecule has 0 N–H and O–H groups in total. The summed E-state index contributed by atoms with van der Waals surface area (Å²) in [5, 5.41) is 2.55. The molecule has 2 aliphatic carbocycles. The van der Waals surface area contributed by atoms with Crippen molar-refractivity contribution >= 4 is 27.8 Å². The second-order valence-corrected chi connectivity index (χ2v) is 17.6. The Hall–Kier alpha value is -7.74.